The first-order chi connectivity index (χ1) is 9.63. The van der Waals surface area contributed by atoms with E-state index in [0.717, 1.165) is 17.9 Å². The molecule has 0 aliphatic heterocycles. The molecule has 3 rings (SSSR count). The van der Waals surface area contributed by atoms with Crippen LogP contribution < -0.4 is 5.32 Å². The first-order valence-electron chi connectivity index (χ1n) is 7.24. The summed E-state index contributed by atoms with van der Waals surface area (Å²) in [7, 11) is 0. The third-order valence-corrected chi connectivity index (χ3v) is 4.45. The van der Waals surface area contributed by atoms with Crippen LogP contribution >= 0.6 is 11.6 Å². The van der Waals surface area contributed by atoms with Crippen molar-refractivity contribution in [2.45, 2.75) is 38.8 Å². The molecule has 0 radical (unpaired) electrons. The predicted molar refractivity (Wildman–Crippen MR) is 85.2 cm³/mol. The second-order valence-electron chi connectivity index (χ2n) is 5.73. The van der Waals surface area contributed by atoms with Gasteiger partial charge in [0, 0.05) is 17.1 Å². The highest BCUT2D eigenvalue weighted by atomic mass is 35.5. The summed E-state index contributed by atoms with van der Waals surface area (Å²) >= 11 is 6.07. The van der Waals surface area contributed by atoms with Crippen molar-refractivity contribution in [3.05, 3.63) is 69.7 Å². The van der Waals surface area contributed by atoms with E-state index in [-0.39, 0.29) is 0 Å². The minimum atomic E-state index is 0.363. The molecule has 0 bridgehead atoms. The predicted octanol–water partition coefficient (Wildman–Crippen LogP) is 4.99. The molecule has 0 heterocycles. The average Bonchev–Trinajstić information content (AvgIpc) is 2.81. The molecule has 0 spiro atoms. The van der Waals surface area contributed by atoms with Gasteiger partial charge in [-0.25, -0.2) is 0 Å². The van der Waals surface area contributed by atoms with Crippen molar-refractivity contribution in [2.75, 3.05) is 0 Å². The Morgan fingerprint density at radius 3 is 2.65 bits per heavy atom. The molecule has 2 atom stereocenters. The Bertz CT molecular complexity index is 603. The van der Waals surface area contributed by atoms with Gasteiger partial charge in [0.25, 0.3) is 0 Å². The van der Waals surface area contributed by atoms with Crippen LogP contribution in [0.5, 0.6) is 0 Å². The van der Waals surface area contributed by atoms with E-state index in [2.05, 4.69) is 55.6 Å². The Morgan fingerprint density at radius 1 is 1.15 bits per heavy atom. The summed E-state index contributed by atoms with van der Waals surface area (Å²) in [4.78, 5) is 0. The minimum Gasteiger partial charge on any atom is -0.303 e. The van der Waals surface area contributed by atoms with Gasteiger partial charge in [0.15, 0.2) is 0 Å². The maximum atomic E-state index is 6.07. The van der Waals surface area contributed by atoms with Gasteiger partial charge in [-0.15, -0.1) is 0 Å². The van der Waals surface area contributed by atoms with Crippen molar-refractivity contribution in [3.8, 4) is 0 Å². The summed E-state index contributed by atoms with van der Waals surface area (Å²) in [5, 5.41) is 4.59. The number of aryl methyl sites for hydroxylation is 2. The largest absolute Gasteiger partial charge is 0.303 e. The number of fused-ring (bicyclic) bond motifs is 1. The van der Waals surface area contributed by atoms with Crippen LogP contribution in [0.2, 0.25) is 5.02 Å². The Balaban J connectivity index is 1.75. The van der Waals surface area contributed by atoms with E-state index in [9.17, 15) is 0 Å². The van der Waals surface area contributed by atoms with Crippen LogP contribution in [0.15, 0.2) is 42.5 Å². The number of halogens is 1. The van der Waals surface area contributed by atoms with Crippen molar-refractivity contribution in [1.29, 1.82) is 0 Å². The minimum absolute atomic E-state index is 0.363. The zero-order valence-electron chi connectivity index (χ0n) is 12.0. The summed E-state index contributed by atoms with van der Waals surface area (Å²) in [6, 6.07) is 15.9. The van der Waals surface area contributed by atoms with Gasteiger partial charge in [-0.05, 0) is 55.5 Å². The van der Waals surface area contributed by atoms with E-state index in [4.69, 9.17) is 11.6 Å². The summed E-state index contributed by atoms with van der Waals surface area (Å²) in [6.45, 7) is 4.36. The number of benzene rings is 2. The summed E-state index contributed by atoms with van der Waals surface area (Å²) in [6.07, 6.45) is 2.28. The lowest BCUT2D eigenvalue weighted by atomic mass is 10.0. The third kappa shape index (κ3) is 2.74. The second-order valence-corrected chi connectivity index (χ2v) is 6.17. The molecule has 2 aromatic carbocycles. The van der Waals surface area contributed by atoms with Gasteiger partial charge in [-0.1, -0.05) is 47.5 Å². The number of hydrogen-bond donors (Lipinski definition) is 1. The van der Waals surface area contributed by atoms with E-state index in [1.807, 2.05) is 6.07 Å². The first-order valence-corrected chi connectivity index (χ1v) is 7.62. The Hall–Kier alpha value is -1.31. The molecule has 0 fully saturated rings. The van der Waals surface area contributed by atoms with E-state index < -0.39 is 0 Å². The Kier molecular flexibility index (Phi) is 3.82. The van der Waals surface area contributed by atoms with Crippen LogP contribution in [0.3, 0.4) is 0 Å². The van der Waals surface area contributed by atoms with Crippen molar-refractivity contribution in [1.82, 2.24) is 5.32 Å². The molecule has 2 aromatic rings. The summed E-state index contributed by atoms with van der Waals surface area (Å²) in [5.74, 6) is 0. The molecule has 2 heteroatoms. The average molecular weight is 286 g/mol. The maximum absolute atomic E-state index is 6.07. The van der Waals surface area contributed by atoms with Crippen LogP contribution in [0.25, 0.3) is 0 Å². The molecule has 1 aliphatic carbocycles. The molecule has 1 nitrogen and oxygen atoms in total. The molecular formula is C18H20ClN. The Labute approximate surface area is 126 Å². The highest BCUT2D eigenvalue weighted by molar-refractivity contribution is 6.30. The quantitative estimate of drug-likeness (QED) is 0.838. The van der Waals surface area contributed by atoms with Gasteiger partial charge in [0.1, 0.15) is 0 Å². The van der Waals surface area contributed by atoms with E-state index in [1.54, 1.807) is 0 Å². The fraction of sp³-hybridized carbons (Fsp3) is 0.333. The lowest BCUT2D eigenvalue weighted by molar-refractivity contribution is 0.465. The molecule has 2 unspecified atom stereocenters. The number of hydrogen-bond acceptors (Lipinski definition) is 1. The fourth-order valence-electron chi connectivity index (χ4n) is 3.01. The van der Waals surface area contributed by atoms with Crippen LogP contribution in [0, 0.1) is 6.92 Å². The fourth-order valence-corrected chi connectivity index (χ4v) is 3.21. The van der Waals surface area contributed by atoms with Crippen LogP contribution in [0.4, 0.5) is 0 Å². The molecule has 0 aromatic heterocycles. The zero-order valence-corrected chi connectivity index (χ0v) is 12.7. The maximum Gasteiger partial charge on any atom is 0.0408 e. The first kappa shape index (κ1) is 13.7. The molecule has 20 heavy (non-hydrogen) atoms. The van der Waals surface area contributed by atoms with Gasteiger partial charge in [0.2, 0.25) is 0 Å². The van der Waals surface area contributed by atoms with Crippen molar-refractivity contribution < 1.29 is 0 Å². The highest BCUT2D eigenvalue weighted by Gasteiger charge is 2.23. The monoisotopic (exact) mass is 285 g/mol. The Morgan fingerprint density at radius 2 is 1.90 bits per heavy atom. The van der Waals surface area contributed by atoms with Gasteiger partial charge >= 0.3 is 0 Å². The molecular weight excluding hydrogens is 266 g/mol. The normalized spacial score (nSPS) is 18.9. The molecule has 0 saturated heterocycles. The zero-order chi connectivity index (χ0) is 14.1. The van der Waals surface area contributed by atoms with E-state index in [1.165, 1.54) is 22.3 Å². The van der Waals surface area contributed by atoms with Crippen molar-refractivity contribution >= 4 is 11.6 Å². The van der Waals surface area contributed by atoms with Gasteiger partial charge in [-0.3, -0.25) is 0 Å². The number of nitrogens with one attached hydrogen (secondary N) is 1. The van der Waals surface area contributed by atoms with E-state index in [0.29, 0.717) is 12.1 Å². The van der Waals surface area contributed by atoms with Crippen molar-refractivity contribution in [3.63, 3.8) is 0 Å². The lowest BCUT2D eigenvalue weighted by Gasteiger charge is -2.21. The molecule has 1 N–H and O–H groups in total. The number of rotatable bonds is 3. The van der Waals surface area contributed by atoms with Crippen LogP contribution in [-0.4, -0.2) is 0 Å². The third-order valence-electron chi connectivity index (χ3n) is 4.21. The lowest BCUT2D eigenvalue weighted by Crippen LogP contribution is -2.22. The van der Waals surface area contributed by atoms with Gasteiger partial charge in [0.05, 0.1) is 0 Å². The van der Waals surface area contributed by atoms with Gasteiger partial charge < -0.3 is 5.32 Å². The molecule has 1 aliphatic rings. The van der Waals surface area contributed by atoms with Crippen LogP contribution in [0.1, 0.15) is 47.7 Å². The molecule has 0 saturated carbocycles. The van der Waals surface area contributed by atoms with Crippen LogP contribution in [-0.2, 0) is 6.42 Å². The van der Waals surface area contributed by atoms with E-state index >= 15 is 0 Å². The second kappa shape index (κ2) is 5.59. The molecule has 104 valence electrons. The summed E-state index contributed by atoms with van der Waals surface area (Å²) in [5.41, 5.74) is 5.46. The standard InChI is InChI=1S/C18H20ClN/c1-12-3-5-14(6-4-12)13(2)20-18-10-7-15-11-16(19)8-9-17(15)18/h3-6,8-9,11,13,18,20H,7,10H2,1-2H3. The van der Waals surface area contributed by atoms with Gasteiger partial charge in [-0.2, -0.15) is 0 Å². The van der Waals surface area contributed by atoms with Crippen molar-refractivity contribution in [2.24, 2.45) is 0 Å². The summed E-state index contributed by atoms with van der Waals surface area (Å²) < 4.78 is 0. The SMILES string of the molecule is Cc1ccc(C(C)NC2CCc3cc(Cl)ccc32)cc1. The topological polar surface area (TPSA) is 12.0 Å². The highest BCUT2D eigenvalue weighted by Crippen LogP contribution is 2.34. The molecule has 0 amide bonds. The smallest absolute Gasteiger partial charge is 0.0408 e.